The monoisotopic (exact) mass is 461 g/mol. The Morgan fingerprint density at radius 2 is 1.94 bits per heavy atom. The Morgan fingerprint density at radius 1 is 1.15 bits per heavy atom. The summed E-state index contributed by atoms with van der Waals surface area (Å²) >= 11 is 0. The molecule has 5 rings (SSSR count). The van der Waals surface area contributed by atoms with E-state index in [1.807, 2.05) is 49.4 Å². The summed E-state index contributed by atoms with van der Waals surface area (Å²) in [4.78, 5) is 31.3. The number of hydrogen-bond donors (Lipinski definition) is 1. The minimum Gasteiger partial charge on any atom is -0.466 e. The fraction of sp³-hybridized carbons (Fsp3) is 0.400. The summed E-state index contributed by atoms with van der Waals surface area (Å²) < 4.78 is 10.7. The third-order valence-corrected chi connectivity index (χ3v) is 6.71. The Bertz CT molecular complexity index is 1150. The second kappa shape index (κ2) is 9.24. The maximum Gasteiger partial charge on any atom is 0.313 e. The number of piperidine rings is 1. The number of pyridine rings is 1. The maximum atomic E-state index is 12.5. The zero-order chi connectivity index (χ0) is 23.5. The van der Waals surface area contributed by atoms with Gasteiger partial charge in [-0.1, -0.05) is 30.3 Å². The van der Waals surface area contributed by atoms with Gasteiger partial charge in [-0.15, -0.1) is 10.2 Å². The van der Waals surface area contributed by atoms with Crippen molar-refractivity contribution < 1.29 is 18.7 Å². The molecule has 176 valence electrons. The number of ether oxygens (including phenoxy) is 1. The molecule has 1 spiro atoms. The quantitative estimate of drug-likeness (QED) is 0.533. The van der Waals surface area contributed by atoms with Crippen LogP contribution in [0.15, 0.2) is 53.1 Å². The molecule has 34 heavy (non-hydrogen) atoms. The molecule has 1 saturated carbocycles. The molecular formula is C25H27N5O4. The van der Waals surface area contributed by atoms with E-state index in [-0.39, 0.29) is 23.2 Å². The van der Waals surface area contributed by atoms with Crippen LogP contribution in [0, 0.1) is 11.3 Å². The Labute approximate surface area is 197 Å². The molecule has 2 aliphatic rings. The van der Waals surface area contributed by atoms with Crippen molar-refractivity contribution in [2.45, 2.75) is 32.6 Å². The van der Waals surface area contributed by atoms with Crippen LogP contribution in [0.3, 0.4) is 0 Å². The number of nitrogens with zero attached hydrogens (tertiary/aromatic N) is 4. The molecule has 9 heteroatoms. The van der Waals surface area contributed by atoms with E-state index < -0.39 is 5.91 Å². The molecule has 1 amide bonds. The number of aromatic nitrogens is 3. The standard InChI is InChI=1S/C25H27N5O4/c1-2-33-24(32)19-15-25(19)10-12-30(13-11-25)20-9-8-18(16-26-20)27-22(31)23-29-28-21(34-23)14-17-6-4-3-5-7-17/h3-9,16,19H,2,10-15H2,1H3,(H,27,31). The summed E-state index contributed by atoms with van der Waals surface area (Å²) in [5.74, 6) is 0.676. The molecule has 3 aromatic rings. The zero-order valence-electron chi connectivity index (χ0n) is 19.1. The SMILES string of the molecule is CCOC(=O)C1CC12CCN(c1ccc(NC(=O)c3nnc(Cc4ccccc4)o3)cn1)CC2. The molecule has 9 nitrogen and oxygen atoms in total. The second-order valence-corrected chi connectivity index (χ2v) is 8.88. The van der Waals surface area contributed by atoms with Crippen LogP contribution in [-0.2, 0) is 16.0 Å². The van der Waals surface area contributed by atoms with Crippen molar-refractivity contribution in [3.63, 3.8) is 0 Å². The van der Waals surface area contributed by atoms with Gasteiger partial charge in [0.15, 0.2) is 0 Å². The second-order valence-electron chi connectivity index (χ2n) is 8.88. The number of benzene rings is 1. The van der Waals surface area contributed by atoms with Gasteiger partial charge in [-0.25, -0.2) is 4.98 Å². The molecule has 0 bridgehead atoms. The highest BCUT2D eigenvalue weighted by Crippen LogP contribution is 2.60. The van der Waals surface area contributed by atoms with Gasteiger partial charge in [-0.2, -0.15) is 0 Å². The van der Waals surface area contributed by atoms with Crippen LogP contribution in [0.1, 0.15) is 48.3 Å². The van der Waals surface area contributed by atoms with Crippen LogP contribution in [-0.4, -0.2) is 46.8 Å². The molecule has 0 radical (unpaired) electrons. The average molecular weight is 462 g/mol. The smallest absolute Gasteiger partial charge is 0.313 e. The van der Waals surface area contributed by atoms with E-state index in [9.17, 15) is 9.59 Å². The van der Waals surface area contributed by atoms with Crippen LogP contribution in [0.4, 0.5) is 11.5 Å². The molecule has 3 heterocycles. The molecular weight excluding hydrogens is 434 g/mol. The summed E-state index contributed by atoms with van der Waals surface area (Å²) in [5.41, 5.74) is 1.69. The van der Waals surface area contributed by atoms with Crippen LogP contribution in [0.25, 0.3) is 0 Å². The van der Waals surface area contributed by atoms with Crippen molar-refractivity contribution in [2.75, 3.05) is 29.9 Å². The fourth-order valence-electron chi connectivity index (χ4n) is 4.68. The Hall–Kier alpha value is -3.75. The molecule has 1 unspecified atom stereocenters. The third-order valence-electron chi connectivity index (χ3n) is 6.71. The lowest BCUT2D eigenvalue weighted by molar-refractivity contribution is -0.145. The molecule has 1 atom stereocenters. The first-order valence-corrected chi connectivity index (χ1v) is 11.6. The van der Waals surface area contributed by atoms with Crippen LogP contribution >= 0.6 is 0 Å². The largest absolute Gasteiger partial charge is 0.466 e. The minimum absolute atomic E-state index is 0.0531. The van der Waals surface area contributed by atoms with E-state index in [2.05, 4.69) is 25.4 Å². The number of esters is 1. The Balaban J connectivity index is 1.13. The zero-order valence-corrected chi connectivity index (χ0v) is 19.1. The molecule has 1 aromatic carbocycles. The molecule has 1 saturated heterocycles. The lowest BCUT2D eigenvalue weighted by Gasteiger charge is -2.33. The number of carbonyl (C=O) groups excluding carboxylic acids is 2. The van der Waals surface area contributed by atoms with E-state index >= 15 is 0 Å². The van der Waals surface area contributed by atoms with Crippen LogP contribution in [0.2, 0.25) is 0 Å². The number of anilines is 2. The predicted molar refractivity (Wildman–Crippen MR) is 124 cm³/mol. The van der Waals surface area contributed by atoms with Crippen LogP contribution in [0.5, 0.6) is 0 Å². The lowest BCUT2D eigenvalue weighted by Crippen LogP contribution is -2.36. The van der Waals surface area contributed by atoms with Crippen molar-refractivity contribution in [1.29, 1.82) is 0 Å². The van der Waals surface area contributed by atoms with Gasteiger partial charge in [0.2, 0.25) is 5.89 Å². The number of rotatable bonds is 7. The third kappa shape index (κ3) is 4.64. The molecule has 1 N–H and O–H groups in total. The number of amides is 1. The highest BCUT2D eigenvalue weighted by atomic mass is 16.5. The summed E-state index contributed by atoms with van der Waals surface area (Å²) in [5, 5.41) is 10.6. The predicted octanol–water partition coefficient (Wildman–Crippen LogP) is 3.48. The van der Waals surface area contributed by atoms with Gasteiger partial charge < -0.3 is 19.4 Å². The normalized spacial score (nSPS) is 18.5. The Kier molecular flexibility index (Phi) is 6.00. The van der Waals surface area contributed by atoms with Crippen molar-refractivity contribution in [1.82, 2.24) is 15.2 Å². The van der Waals surface area contributed by atoms with E-state index in [1.165, 1.54) is 0 Å². The van der Waals surface area contributed by atoms with E-state index in [4.69, 9.17) is 9.15 Å². The number of nitrogens with one attached hydrogen (secondary N) is 1. The van der Waals surface area contributed by atoms with Gasteiger partial charge in [0.25, 0.3) is 0 Å². The van der Waals surface area contributed by atoms with Gasteiger partial charge in [-0.05, 0) is 49.3 Å². The highest BCUT2D eigenvalue weighted by molar-refractivity contribution is 6.00. The van der Waals surface area contributed by atoms with Crippen LogP contribution < -0.4 is 10.2 Å². The lowest BCUT2D eigenvalue weighted by atomic mass is 9.91. The van der Waals surface area contributed by atoms with Crippen molar-refractivity contribution in [3.8, 4) is 0 Å². The summed E-state index contributed by atoms with van der Waals surface area (Å²) in [6, 6.07) is 13.4. The first-order valence-electron chi connectivity index (χ1n) is 11.6. The van der Waals surface area contributed by atoms with Gasteiger partial charge in [0.05, 0.1) is 30.8 Å². The molecule has 1 aliphatic heterocycles. The van der Waals surface area contributed by atoms with Crippen molar-refractivity contribution in [3.05, 3.63) is 66.0 Å². The van der Waals surface area contributed by atoms with Crippen molar-refractivity contribution in [2.24, 2.45) is 11.3 Å². The fourth-order valence-corrected chi connectivity index (χ4v) is 4.68. The van der Waals surface area contributed by atoms with E-state index in [1.54, 1.807) is 6.20 Å². The average Bonchev–Trinajstić information content (AvgIpc) is 3.35. The van der Waals surface area contributed by atoms with Gasteiger partial charge in [0.1, 0.15) is 5.82 Å². The first-order chi connectivity index (χ1) is 16.6. The summed E-state index contributed by atoms with van der Waals surface area (Å²) in [6.45, 7) is 3.98. The van der Waals surface area contributed by atoms with Gasteiger partial charge in [-0.3, -0.25) is 9.59 Å². The Morgan fingerprint density at radius 3 is 2.65 bits per heavy atom. The van der Waals surface area contributed by atoms with E-state index in [0.29, 0.717) is 24.6 Å². The first kappa shape index (κ1) is 22.1. The maximum absolute atomic E-state index is 12.5. The van der Waals surface area contributed by atoms with Gasteiger partial charge >= 0.3 is 17.8 Å². The minimum atomic E-state index is -0.472. The summed E-state index contributed by atoms with van der Waals surface area (Å²) in [7, 11) is 0. The molecule has 1 aliphatic carbocycles. The van der Waals surface area contributed by atoms with E-state index in [0.717, 1.165) is 43.7 Å². The number of carbonyl (C=O) groups is 2. The molecule has 2 fully saturated rings. The topological polar surface area (TPSA) is 110 Å². The number of hydrogen-bond acceptors (Lipinski definition) is 8. The van der Waals surface area contributed by atoms with Crippen molar-refractivity contribution >= 4 is 23.4 Å². The van der Waals surface area contributed by atoms with Gasteiger partial charge in [0, 0.05) is 13.1 Å². The highest BCUT2D eigenvalue weighted by Gasteiger charge is 2.59. The molecule has 2 aromatic heterocycles. The summed E-state index contributed by atoms with van der Waals surface area (Å²) in [6.07, 6.45) is 4.94.